The van der Waals surface area contributed by atoms with Gasteiger partial charge in [0.25, 0.3) is 0 Å². The lowest BCUT2D eigenvalue weighted by Gasteiger charge is -2.09. The highest BCUT2D eigenvalue weighted by Gasteiger charge is 2.06. The number of nitrogens with zero attached hydrogens (tertiary/aromatic N) is 1. The summed E-state index contributed by atoms with van der Waals surface area (Å²) in [6.45, 7) is 1.35. The molecule has 2 aromatic carbocycles. The molecule has 0 radical (unpaired) electrons. The average Bonchev–Trinajstić information content (AvgIpc) is 2.94. The van der Waals surface area contributed by atoms with Gasteiger partial charge in [-0.2, -0.15) is 0 Å². The van der Waals surface area contributed by atoms with Crippen molar-refractivity contribution in [1.82, 2.24) is 10.3 Å². The molecule has 19 heavy (non-hydrogen) atoms. The van der Waals surface area contributed by atoms with Crippen molar-refractivity contribution in [2.24, 2.45) is 0 Å². The van der Waals surface area contributed by atoms with E-state index in [1.807, 2.05) is 29.6 Å². The van der Waals surface area contributed by atoms with Crippen molar-refractivity contribution in [2.45, 2.75) is 13.1 Å². The molecule has 0 aliphatic heterocycles. The first-order chi connectivity index (χ1) is 9.34. The largest absolute Gasteiger partial charge is 0.508 e. The van der Waals surface area contributed by atoms with Crippen LogP contribution < -0.4 is 5.32 Å². The Morgan fingerprint density at radius 2 is 2.00 bits per heavy atom. The number of thiazole rings is 1. The second kappa shape index (κ2) is 5.38. The number of hydrogen-bond donors (Lipinski definition) is 2. The van der Waals surface area contributed by atoms with Crippen LogP contribution in [0.25, 0.3) is 10.8 Å². The minimum absolute atomic E-state index is 0.338. The maximum atomic E-state index is 10.0. The van der Waals surface area contributed by atoms with E-state index in [-0.39, 0.29) is 0 Å². The van der Waals surface area contributed by atoms with Crippen LogP contribution in [0.2, 0.25) is 0 Å². The third kappa shape index (κ3) is 2.59. The summed E-state index contributed by atoms with van der Waals surface area (Å²) in [5, 5.41) is 18.6. The highest BCUT2D eigenvalue weighted by Crippen LogP contribution is 2.26. The minimum atomic E-state index is 0.338. The van der Waals surface area contributed by atoms with E-state index in [4.69, 9.17) is 0 Å². The van der Waals surface area contributed by atoms with Crippen LogP contribution in [-0.4, -0.2) is 10.1 Å². The zero-order chi connectivity index (χ0) is 13.1. The molecule has 3 aromatic rings. The first-order valence-corrected chi connectivity index (χ1v) is 7.01. The molecule has 0 saturated carbocycles. The van der Waals surface area contributed by atoms with Gasteiger partial charge in [-0.1, -0.05) is 30.3 Å². The fourth-order valence-electron chi connectivity index (χ4n) is 2.14. The maximum absolute atomic E-state index is 10.0. The molecule has 0 aliphatic rings. The van der Waals surface area contributed by atoms with E-state index in [1.165, 1.54) is 0 Å². The Kier molecular flexibility index (Phi) is 3.44. The third-order valence-corrected chi connectivity index (χ3v) is 3.86. The van der Waals surface area contributed by atoms with Crippen LogP contribution in [-0.2, 0) is 13.1 Å². The van der Waals surface area contributed by atoms with Gasteiger partial charge < -0.3 is 10.4 Å². The number of fused-ring (bicyclic) bond motifs is 1. The van der Waals surface area contributed by atoms with Crippen LogP contribution in [0.4, 0.5) is 0 Å². The van der Waals surface area contributed by atoms with Crippen LogP contribution in [0, 0.1) is 0 Å². The van der Waals surface area contributed by atoms with E-state index in [0.717, 1.165) is 27.9 Å². The Morgan fingerprint density at radius 3 is 2.84 bits per heavy atom. The zero-order valence-corrected chi connectivity index (χ0v) is 11.2. The van der Waals surface area contributed by atoms with E-state index in [0.29, 0.717) is 12.3 Å². The van der Waals surface area contributed by atoms with Gasteiger partial charge in [-0.25, -0.2) is 4.98 Å². The molecule has 0 fully saturated rings. The number of rotatable bonds is 4. The van der Waals surface area contributed by atoms with Crippen molar-refractivity contribution in [3.8, 4) is 5.75 Å². The number of aromatic nitrogens is 1. The molecule has 3 rings (SSSR count). The summed E-state index contributed by atoms with van der Waals surface area (Å²) in [6, 6.07) is 11.8. The topological polar surface area (TPSA) is 45.1 Å². The van der Waals surface area contributed by atoms with Crippen molar-refractivity contribution < 1.29 is 5.11 Å². The van der Waals surface area contributed by atoms with Crippen LogP contribution in [0.3, 0.4) is 0 Å². The van der Waals surface area contributed by atoms with E-state index in [2.05, 4.69) is 16.4 Å². The first-order valence-electron chi connectivity index (χ1n) is 6.13. The Labute approximate surface area is 115 Å². The Balaban J connectivity index is 1.81. The minimum Gasteiger partial charge on any atom is -0.508 e. The Bertz CT molecular complexity index is 680. The predicted octanol–water partition coefficient (Wildman–Crippen LogP) is 3.29. The molecule has 0 spiro atoms. The average molecular weight is 270 g/mol. The van der Waals surface area contributed by atoms with Crippen LogP contribution in [0.15, 0.2) is 48.0 Å². The van der Waals surface area contributed by atoms with E-state index < -0.39 is 0 Å². The molecule has 0 unspecified atom stereocenters. The molecule has 1 aromatic heterocycles. The molecule has 1 heterocycles. The van der Waals surface area contributed by atoms with Crippen molar-refractivity contribution in [1.29, 1.82) is 0 Å². The Hall–Kier alpha value is -1.91. The summed E-state index contributed by atoms with van der Waals surface area (Å²) < 4.78 is 0. The quantitative estimate of drug-likeness (QED) is 0.764. The fraction of sp³-hybridized carbons (Fsp3) is 0.133. The molecule has 96 valence electrons. The molecule has 3 nitrogen and oxygen atoms in total. The van der Waals surface area contributed by atoms with Gasteiger partial charge in [-0.15, -0.1) is 11.3 Å². The SMILES string of the molecule is Oc1ccc2ccccc2c1CNCc1nccs1. The van der Waals surface area contributed by atoms with Gasteiger partial charge in [0.15, 0.2) is 0 Å². The number of aromatic hydroxyl groups is 1. The molecule has 0 bridgehead atoms. The summed E-state index contributed by atoms with van der Waals surface area (Å²) in [5.41, 5.74) is 0.939. The van der Waals surface area contributed by atoms with E-state index in [9.17, 15) is 5.11 Å². The lowest BCUT2D eigenvalue weighted by molar-refractivity contribution is 0.466. The second-order valence-electron chi connectivity index (χ2n) is 4.31. The standard InChI is InChI=1S/C15H14N2OS/c18-14-6-5-11-3-1-2-4-12(11)13(14)9-16-10-15-17-7-8-19-15/h1-8,16,18H,9-10H2. The first kappa shape index (κ1) is 12.1. The number of phenols is 1. The van der Waals surface area contributed by atoms with Crippen molar-refractivity contribution >= 4 is 22.1 Å². The number of hydrogen-bond acceptors (Lipinski definition) is 4. The van der Waals surface area contributed by atoms with Gasteiger partial charge in [0.1, 0.15) is 10.8 Å². The number of nitrogens with one attached hydrogen (secondary N) is 1. The van der Waals surface area contributed by atoms with Crippen molar-refractivity contribution in [2.75, 3.05) is 0 Å². The molecule has 2 N–H and O–H groups in total. The summed E-state index contributed by atoms with van der Waals surface area (Å²) in [7, 11) is 0. The Morgan fingerprint density at radius 1 is 1.11 bits per heavy atom. The normalized spacial score (nSPS) is 10.9. The molecule has 0 amide bonds. The van der Waals surface area contributed by atoms with Gasteiger partial charge in [-0.3, -0.25) is 0 Å². The molecule has 0 atom stereocenters. The van der Waals surface area contributed by atoms with Crippen molar-refractivity contribution in [3.05, 3.63) is 58.5 Å². The van der Waals surface area contributed by atoms with Crippen LogP contribution in [0.1, 0.15) is 10.6 Å². The smallest absolute Gasteiger partial charge is 0.120 e. The van der Waals surface area contributed by atoms with Crippen LogP contribution in [0.5, 0.6) is 5.75 Å². The van der Waals surface area contributed by atoms with Crippen molar-refractivity contribution in [3.63, 3.8) is 0 Å². The molecular formula is C15H14N2OS. The van der Waals surface area contributed by atoms with Gasteiger partial charge >= 0.3 is 0 Å². The third-order valence-electron chi connectivity index (χ3n) is 3.08. The monoisotopic (exact) mass is 270 g/mol. The summed E-state index contributed by atoms with van der Waals surface area (Å²) in [4.78, 5) is 4.23. The summed E-state index contributed by atoms with van der Waals surface area (Å²) in [6.07, 6.45) is 1.80. The molecule has 0 saturated heterocycles. The van der Waals surface area contributed by atoms with Gasteiger partial charge in [-0.05, 0) is 16.8 Å². The predicted molar refractivity (Wildman–Crippen MR) is 78.3 cm³/mol. The lowest BCUT2D eigenvalue weighted by Crippen LogP contribution is -2.12. The summed E-state index contributed by atoms with van der Waals surface area (Å²) >= 11 is 1.63. The van der Waals surface area contributed by atoms with Gasteiger partial charge in [0.05, 0.1) is 0 Å². The second-order valence-corrected chi connectivity index (χ2v) is 5.29. The number of benzene rings is 2. The van der Waals surface area contributed by atoms with Crippen LogP contribution >= 0.6 is 11.3 Å². The molecule has 0 aliphatic carbocycles. The molecule has 4 heteroatoms. The lowest BCUT2D eigenvalue weighted by atomic mass is 10.0. The number of phenolic OH excluding ortho intramolecular Hbond substituents is 1. The van der Waals surface area contributed by atoms with E-state index in [1.54, 1.807) is 23.6 Å². The highest BCUT2D eigenvalue weighted by molar-refractivity contribution is 7.09. The summed E-state index contributed by atoms with van der Waals surface area (Å²) in [5.74, 6) is 0.338. The highest BCUT2D eigenvalue weighted by atomic mass is 32.1. The zero-order valence-electron chi connectivity index (χ0n) is 10.3. The fourth-order valence-corrected chi connectivity index (χ4v) is 2.73. The molecular weight excluding hydrogens is 256 g/mol. The maximum Gasteiger partial charge on any atom is 0.120 e. The van der Waals surface area contributed by atoms with Gasteiger partial charge in [0, 0.05) is 30.2 Å². The van der Waals surface area contributed by atoms with Gasteiger partial charge in [0.2, 0.25) is 0 Å². The van der Waals surface area contributed by atoms with E-state index >= 15 is 0 Å².